The van der Waals surface area contributed by atoms with E-state index in [1.165, 1.54) is 58.2 Å². The number of hydrogen-bond acceptors (Lipinski definition) is 2. The smallest absolute Gasteiger partial charge is 0.0153 e. The van der Waals surface area contributed by atoms with Gasteiger partial charge >= 0.3 is 0 Å². The molecule has 0 aliphatic carbocycles. The maximum atomic E-state index is 3.65. The van der Waals surface area contributed by atoms with Gasteiger partial charge in [0.1, 0.15) is 0 Å². The van der Waals surface area contributed by atoms with E-state index in [4.69, 9.17) is 0 Å². The Bertz CT molecular complexity index is 201. The lowest BCUT2D eigenvalue weighted by molar-refractivity contribution is 0.169. The maximum Gasteiger partial charge on any atom is 0.0153 e. The monoisotopic (exact) mass is 240 g/mol. The summed E-state index contributed by atoms with van der Waals surface area (Å²) in [7, 11) is 0. The van der Waals surface area contributed by atoms with Crippen molar-refractivity contribution in [1.29, 1.82) is 0 Å². The van der Waals surface area contributed by atoms with Crippen molar-refractivity contribution in [2.45, 2.75) is 77.8 Å². The summed E-state index contributed by atoms with van der Waals surface area (Å²) in [5, 5.41) is 3.65. The molecule has 1 heterocycles. The van der Waals surface area contributed by atoms with E-state index in [1.807, 2.05) is 0 Å². The van der Waals surface area contributed by atoms with E-state index < -0.39 is 0 Å². The first-order valence-electron chi connectivity index (χ1n) is 7.58. The minimum absolute atomic E-state index is 0.457. The van der Waals surface area contributed by atoms with Crippen LogP contribution >= 0.6 is 0 Å². The lowest BCUT2D eigenvalue weighted by Gasteiger charge is -2.32. The third-order valence-electron chi connectivity index (χ3n) is 4.23. The van der Waals surface area contributed by atoms with Crippen LogP contribution in [0.2, 0.25) is 0 Å². The quantitative estimate of drug-likeness (QED) is 0.699. The Morgan fingerprint density at radius 2 is 2.06 bits per heavy atom. The van der Waals surface area contributed by atoms with Gasteiger partial charge in [-0.05, 0) is 72.0 Å². The first-order valence-corrected chi connectivity index (χ1v) is 7.58. The van der Waals surface area contributed by atoms with Crippen molar-refractivity contribution in [2.24, 2.45) is 0 Å². The minimum Gasteiger partial charge on any atom is -0.314 e. The highest BCUT2D eigenvalue weighted by Gasteiger charge is 2.30. The SMILES string of the molecule is CCCNC(CC)CCCN1CCCC1(C)C. The summed E-state index contributed by atoms with van der Waals surface area (Å²) < 4.78 is 0. The average molecular weight is 240 g/mol. The summed E-state index contributed by atoms with van der Waals surface area (Å²) in [6.45, 7) is 13.1. The molecule has 0 spiro atoms. The van der Waals surface area contributed by atoms with Gasteiger partial charge in [0.2, 0.25) is 0 Å². The molecule has 0 radical (unpaired) electrons. The normalized spacial score (nSPS) is 21.9. The second-order valence-electron chi connectivity index (χ2n) is 6.10. The summed E-state index contributed by atoms with van der Waals surface area (Å²) in [6.07, 6.45) is 7.96. The van der Waals surface area contributed by atoms with Crippen molar-refractivity contribution >= 4 is 0 Å². The van der Waals surface area contributed by atoms with E-state index in [1.54, 1.807) is 0 Å². The molecule has 1 N–H and O–H groups in total. The summed E-state index contributed by atoms with van der Waals surface area (Å²) in [5.41, 5.74) is 0.457. The Morgan fingerprint density at radius 1 is 1.29 bits per heavy atom. The molecule has 1 aliphatic rings. The van der Waals surface area contributed by atoms with Gasteiger partial charge < -0.3 is 5.32 Å². The molecule has 0 aromatic carbocycles. The van der Waals surface area contributed by atoms with Crippen molar-refractivity contribution in [2.75, 3.05) is 19.6 Å². The fourth-order valence-corrected chi connectivity index (χ4v) is 2.91. The molecular weight excluding hydrogens is 208 g/mol. The molecule has 2 heteroatoms. The summed E-state index contributed by atoms with van der Waals surface area (Å²) in [6, 6.07) is 0.737. The molecule has 1 unspecified atom stereocenters. The van der Waals surface area contributed by atoms with Crippen LogP contribution < -0.4 is 5.32 Å². The molecule has 1 rings (SSSR count). The fraction of sp³-hybridized carbons (Fsp3) is 1.00. The minimum atomic E-state index is 0.457. The van der Waals surface area contributed by atoms with Gasteiger partial charge in [0.05, 0.1) is 0 Å². The van der Waals surface area contributed by atoms with Crippen molar-refractivity contribution in [1.82, 2.24) is 10.2 Å². The number of nitrogens with one attached hydrogen (secondary N) is 1. The molecule has 0 aromatic rings. The highest BCUT2D eigenvalue weighted by molar-refractivity contribution is 4.87. The van der Waals surface area contributed by atoms with Gasteiger partial charge in [-0.1, -0.05) is 13.8 Å². The van der Waals surface area contributed by atoms with E-state index >= 15 is 0 Å². The van der Waals surface area contributed by atoms with Gasteiger partial charge in [0.25, 0.3) is 0 Å². The van der Waals surface area contributed by atoms with E-state index in [2.05, 4.69) is 37.9 Å². The van der Waals surface area contributed by atoms with Gasteiger partial charge in [-0.25, -0.2) is 0 Å². The Morgan fingerprint density at radius 3 is 2.59 bits per heavy atom. The van der Waals surface area contributed by atoms with E-state index in [9.17, 15) is 0 Å². The van der Waals surface area contributed by atoms with Crippen LogP contribution in [0.25, 0.3) is 0 Å². The second kappa shape index (κ2) is 7.38. The number of rotatable bonds is 8. The average Bonchev–Trinajstić information content (AvgIpc) is 2.63. The van der Waals surface area contributed by atoms with Crippen LogP contribution in [-0.4, -0.2) is 36.1 Å². The molecule has 0 aromatic heterocycles. The van der Waals surface area contributed by atoms with E-state index in [0.29, 0.717) is 5.54 Å². The highest BCUT2D eigenvalue weighted by atomic mass is 15.2. The Labute approximate surface area is 108 Å². The molecule has 0 amide bonds. The van der Waals surface area contributed by atoms with E-state index in [0.717, 1.165) is 6.04 Å². The summed E-state index contributed by atoms with van der Waals surface area (Å²) in [5.74, 6) is 0. The third kappa shape index (κ3) is 4.97. The van der Waals surface area contributed by atoms with Crippen molar-refractivity contribution in [3.63, 3.8) is 0 Å². The van der Waals surface area contributed by atoms with E-state index in [-0.39, 0.29) is 0 Å². The lowest BCUT2D eigenvalue weighted by Crippen LogP contribution is -2.39. The number of hydrogen-bond donors (Lipinski definition) is 1. The Balaban J connectivity index is 2.17. The van der Waals surface area contributed by atoms with Crippen LogP contribution in [0.3, 0.4) is 0 Å². The zero-order chi connectivity index (χ0) is 12.7. The van der Waals surface area contributed by atoms with Crippen LogP contribution in [0.15, 0.2) is 0 Å². The molecule has 1 atom stereocenters. The zero-order valence-electron chi connectivity index (χ0n) is 12.4. The molecule has 1 saturated heterocycles. The van der Waals surface area contributed by atoms with Crippen LogP contribution in [0.5, 0.6) is 0 Å². The van der Waals surface area contributed by atoms with Crippen LogP contribution in [-0.2, 0) is 0 Å². The second-order valence-corrected chi connectivity index (χ2v) is 6.10. The highest BCUT2D eigenvalue weighted by Crippen LogP contribution is 2.28. The predicted octanol–water partition coefficient (Wildman–Crippen LogP) is 3.42. The molecule has 1 aliphatic heterocycles. The largest absolute Gasteiger partial charge is 0.314 e. The molecule has 0 saturated carbocycles. The maximum absolute atomic E-state index is 3.65. The van der Waals surface area contributed by atoms with Crippen molar-refractivity contribution in [3.05, 3.63) is 0 Å². The van der Waals surface area contributed by atoms with Gasteiger partial charge in [-0.15, -0.1) is 0 Å². The van der Waals surface area contributed by atoms with Gasteiger partial charge in [-0.3, -0.25) is 4.90 Å². The molecule has 17 heavy (non-hydrogen) atoms. The Hall–Kier alpha value is -0.0800. The topological polar surface area (TPSA) is 15.3 Å². The molecule has 2 nitrogen and oxygen atoms in total. The standard InChI is InChI=1S/C15H32N2/c1-5-11-16-14(6-2)9-7-12-17-13-8-10-15(17,3)4/h14,16H,5-13H2,1-4H3. The molecule has 102 valence electrons. The Kier molecular flexibility index (Phi) is 6.50. The van der Waals surface area contributed by atoms with Crippen molar-refractivity contribution < 1.29 is 0 Å². The predicted molar refractivity (Wildman–Crippen MR) is 76.5 cm³/mol. The summed E-state index contributed by atoms with van der Waals surface area (Å²) >= 11 is 0. The molecule has 0 bridgehead atoms. The number of likely N-dealkylation sites (tertiary alicyclic amines) is 1. The first kappa shape index (κ1) is 15.0. The first-order chi connectivity index (χ1) is 8.10. The summed E-state index contributed by atoms with van der Waals surface area (Å²) in [4.78, 5) is 2.68. The van der Waals surface area contributed by atoms with Crippen molar-refractivity contribution in [3.8, 4) is 0 Å². The molecular formula is C15H32N2. The van der Waals surface area contributed by atoms with Crippen LogP contribution in [0, 0.1) is 0 Å². The van der Waals surface area contributed by atoms with Gasteiger partial charge in [-0.2, -0.15) is 0 Å². The van der Waals surface area contributed by atoms with Crippen LogP contribution in [0.4, 0.5) is 0 Å². The fourth-order valence-electron chi connectivity index (χ4n) is 2.91. The zero-order valence-corrected chi connectivity index (χ0v) is 12.4. The van der Waals surface area contributed by atoms with Gasteiger partial charge in [0.15, 0.2) is 0 Å². The third-order valence-corrected chi connectivity index (χ3v) is 4.23. The number of nitrogens with zero attached hydrogens (tertiary/aromatic N) is 1. The van der Waals surface area contributed by atoms with Crippen LogP contribution in [0.1, 0.15) is 66.2 Å². The lowest BCUT2D eigenvalue weighted by atomic mass is 10.0. The molecule has 1 fully saturated rings. The van der Waals surface area contributed by atoms with Gasteiger partial charge in [0, 0.05) is 11.6 Å².